The fourth-order valence-corrected chi connectivity index (χ4v) is 2.94. The van der Waals surface area contributed by atoms with Crippen LogP contribution in [0.25, 0.3) is 0 Å². The fraction of sp³-hybridized carbons (Fsp3) is 0.625. The van der Waals surface area contributed by atoms with Crippen molar-refractivity contribution in [2.45, 2.75) is 45.1 Å². The quantitative estimate of drug-likeness (QED) is 0.864. The number of hydrogen-bond donors (Lipinski definition) is 1. The molecule has 1 atom stereocenters. The van der Waals surface area contributed by atoms with Gasteiger partial charge in [0.15, 0.2) is 0 Å². The highest BCUT2D eigenvalue weighted by Gasteiger charge is 2.22. The number of likely N-dealkylation sites (N-methyl/N-ethyl adjacent to an activating group) is 1. The third-order valence-corrected chi connectivity index (χ3v) is 4.28. The lowest BCUT2D eigenvalue weighted by Crippen LogP contribution is -2.40. The average molecular weight is 246 g/mol. The van der Waals surface area contributed by atoms with Crippen molar-refractivity contribution in [2.75, 3.05) is 18.5 Å². The van der Waals surface area contributed by atoms with Crippen molar-refractivity contribution in [1.29, 1.82) is 0 Å². The SMILES string of the molecule is CCc1ccc(N(C)CC(N)C2CCCC2)cc1. The molecule has 1 fully saturated rings. The Bertz CT molecular complexity index is 352. The second-order valence-corrected chi connectivity index (χ2v) is 5.61. The first kappa shape index (κ1) is 13.4. The van der Waals surface area contributed by atoms with E-state index in [1.165, 1.54) is 36.9 Å². The van der Waals surface area contributed by atoms with E-state index in [0.717, 1.165) is 18.9 Å². The van der Waals surface area contributed by atoms with Gasteiger partial charge >= 0.3 is 0 Å². The van der Waals surface area contributed by atoms with Crippen molar-refractivity contribution in [3.05, 3.63) is 29.8 Å². The van der Waals surface area contributed by atoms with Crippen LogP contribution in [0.3, 0.4) is 0 Å². The minimum absolute atomic E-state index is 0.323. The minimum atomic E-state index is 0.323. The molecule has 0 spiro atoms. The molecule has 2 rings (SSSR count). The summed E-state index contributed by atoms with van der Waals surface area (Å²) in [6.07, 6.45) is 6.49. The van der Waals surface area contributed by atoms with Crippen LogP contribution < -0.4 is 10.6 Å². The summed E-state index contributed by atoms with van der Waals surface area (Å²) in [5.41, 5.74) is 9.01. The summed E-state index contributed by atoms with van der Waals surface area (Å²) in [5, 5.41) is 0. The Morgan fingerprint density at radius 2 is 1.83 bits per heavy atom. The molecular weight excluding hydrogens is 220 g/mol. The van der Waals surface area contributed by atoms with Crippen molar-refractivity contribution in [3.63, 3.8) is 0 Å². The van der Waals surface area contributed by atoms with Gasteiger partial charge in [0.1, 0.15) is 0 Å². The first-order valence-corrected chi connectivity index (χ1v) is 7.26. The first-order chi connectivity index (χ1) is 8.70. The lowest BCUT2D eigenvalue weighted by molar-refractivity contribution is 0.433. The van der Waals surface area contributed by atoms with E-state index < -0.39 is 0 Å². The Balaban J connectivity index is 1.91. The summed E-state index contributed by atoms with van der Waals surface area (Å²) in [6, 6.07) is 9.17. The van der Waals surface area contributed by atoms with Crippen LogP contribution in [0.5, 0.6) is 0 Å². The maximum absolute atomic E-state index is 6.33. The van der Waals surface area contributed by atoms with Crippen LogP contribution in [-0.2, 0) is 6.42 Å². The van der Waals surface area contributed by atoms with Crippen molar-refractivity contribution < 1.29 is 0 Å². The molecule has 100 valence electrons. The molecule has 18 heavy (non-hydrogen) atoms. The summed E-state index contributed by atoms with van der Waals surface area (Å²) in [5.74, 6) is 0.738. The van der Waals surface area contributed by atoms with Gasteiger partial charge in [-0.15, -0.1) is 0 Å². The molecule has 0 heterocycles. The molecule has 2 N–H and O–H groups in total. The Kier molecular flexibility index (Phi) is 4.65. The van der Waals surface area contributed by atoms with E-state index >= 15 is 0 Å². The van der Waals surface area contributed by atoms with Crippen LogP contribution >= 0.6 is 0 Å². The van der Waals surface area contributed by atoms with Gasteiger partial charge in [-0.25, -0.2) is 0 Å². The normalized spacial score (nSPS) is 17.9. The van der Waals surface area contributed by atoms with Gasteiger partial charge in [0.05, 0.1) is 0 Å². The Morgan fingerprint density at radius 3 is 2.39 bits per heavy atom. The van der Waals surface area contributed by atoms with E-state index in [4.69, 9.17) is 5.73 Å². The minimum Gasteiger partial charge on any atom is -0.373 e. The third-order valence-electron chi connectivity index (χ3n) is 4.28. The summed E-state index contributed by atoms with van der Waals surface area (Å²) >= 11 is 0. The molecule has 2 nitrogen and oxygen atoms in total. The third kappa shape index (κ3) is 3.26. The van der Waals surface area contributed by atoms with E-state index in [2.05, 4.69) is 43.1 Å². The monoisotopic (exact) mass is 246 g/mol. The summed E-state index contributed by atoms with van der Waals surface area (Å²) < 4.78 is 0. The molecule has 0 radical (unpaired) electrons. The van der Waals surface area contributed by atoms with Gasteiger partial charge in [-0.3, -0.25) is 0 Å². The highest BCUT2D eigenvalue weighted by molar-refractivity contribution is 5.47. The predicted octanol–water partition coefficient (Wildman–Crippen LogP) is 3.20. The Labute approximate surface area is 111 Å². The molecule has 1 aromatic carbocycles. The molecular formula is C16H26N2. The molecule has 0 bridgehead atoms. The second kappa shape index (κ2) is 6.24. The number of anilines is 1. The van der Waals surface area contributed by atoms with E-state index in [1.54, 1.807) is 0 Å². The maximum Gasteiger partial charge on any atom is 0.0364 e. The molecule has 1 aliphatic rings. The van der Waals surface area contributed by atoms with Gasteiger partial charge in [0.2, 0.25) is 0 Å². The van der Waals surface area contributed by atoms with Crippen molar-refractivity contribution in [3.8, 4) is 0 Å². The van der Waals surface area contributed by atoms with E-state index in [1.807, 2.05) is 0 Å². The van der Waals surface area contributed by atoms with Crippen LogP contribution in [0, 0.1) is 5.92 Å². The molecule has 0 aliphatic heterocycles. The van der Waals surface area contributed by atoms with E-state index in [-0.39, 0.29) is 0 Å². The number of aryl methyl sites for hydroxylation is 1. The van der Waals surface area contributed by atoms with Gasteiger partial charge in [-0.1, -0.05) is 31.9 Å². The smallest absolute Gasteiger partial charge is 0.0364 e. The van der Waals surface area contributed by atoms with Crippen molar-refractivity contribution in [2.24, 2.45) is 11.7 Å². The van der Waals surface area contributed by atoms with Crippen LogP contribution in [0.15, 0.2) is 24.3 Å². The first-order valence-electron chi connectivity index (χ1n) is 7.26. The standard InChI is InChI=1S/C16H26N2/c1-3-13-8-10-15(11-9-13)18(2)12-16(17)14-6-4-5-7-14/h8-11,14,16H,3-7,12,17H2,1-2H3. The summed E-state index contributed by atoms with van der Waals surface area (Å²) in [4.78, 5) is 2.29. The fourth-order valence-electron chi connectivity index (χ4n) is 2.94. The largest absolute Gasteiger partial charge is 0.373 e. The molecule has 0 aromatic heterocycles. The van der Waals surface area contributed by atoms with E-state index in [0.29, 0.717) is 6.04 Å². The number of nitrogens with zero attached hydrogens (tertiary/aromatic N) is 1. The van der Waals surface area contributed by atoms with Gasteiger partial charge in [0, 0.05) is 25.3 Å². The van der Waals surface area contributed by atoms with Crippen LogP contribution in [0.1, 0.15) is 38.2 Å². The van der Waals surface area contributed by atoms with Crippen molar-refractivity contribution >= 4 is 5.69 Å². The zero-order chi connectivity index (χ0) is 13.0. The van der Waals surface area contributed by atoms with E-state index in [9.17, 15) is 0 Å². The number of rotatable bonds is 5. The number of benzene rings is 1. The zero-order valence-electron chi connectivity index (χ0n) is 11.7. The summed E-state index contributed by atoms with van der Waals surface area (Å²) in [6.45, 7) is 3.16. The Morgan fingerprint density at radius 1 is 1.22 bits per heavy atom. The predicted molar refractivity (Wildman–Crippen MR) is 79.0 cm³/mol. The zero-order valence-corrected chi connectivity index (χ0v) is 11.7. The molecule has 1 saturated carbocycles. The molecule has 0 saturated heterocycles. The maximum atomic E-state index is 6.33. The average Bonchev–Trinajstić information content (AvgIpc) is 2.92. The highest BCUT2D eigenvalue weighted by atomic mass is 15.1. The lowest BCUT2D eigenvalue weighted by Gasteiger charge is -2.27. The Hall–Kier alpha value is -1.02. The topological polar surface area (TPSA) is 29.3 Å². The van der Waals surface area contributed by atoms with Gasteiger partial charge in [-0.05, 0) is 42.9 Å². The van der Waals surface area contributed by atoms with Gasteiger partial charge < -0.3 is 10.6 Å². The molecule has 1 aromatic rings. The number of nitrogens with two attached hydrogens (primary N) is 1. The van der Waals surface area contributed by atoms with Gasteiger partial charge in [0.25, 0.3) is 0 Å². The van der Waals surface area contributed by atoms with Gasteiger partial charge in [-0.2, -0.15) is 0 Å². The number of hydrogen-bond acceptors (Lipinski definition) is 2. The molecule has 0 amide bonds. The van der Waals surface area contributed by atoms with Crippen LogP contribution in [0.4, 0.5) is 5.69 Å². The van der Waals surface area contributed by atoms with Crippen molar-refractivity contribution in [1.82, 2.24) is 0 Å². The second-order valence-electron chi connectivity index (χ2n) is 5.61. The van der Waals surface area contributed by atoms with Crippen LogP contribution in [0.2, 0.25) is 0 Å². The highest BCUT2D eigenvalue weighted by Crippen LogP contribution is 2.27. The lowest BCUT2D eigenvalue weighted by atomic mass is 9.98. The molecule has 1 unspecified atom stereocenters. The molecule has 2 heteroatoms. The van der Waals surface area contributed by atoms with Crippen LogP contribution in [-0.4, -0.2) is 19.6 Å². The molecule has 1 aliphatic carbocycles. The summed E-state index contributed by atoms with van der Waals surface area (Å²) in [7, 11) is 2.15.